The predicted octanol–water partition coefficient (Wildman–Crippen LogP) is 3.37. The number of hydrogen-bond donors (Lipinski definition) is 9. The number of fused-ring (bicyclic) bond motifs is 2. The third kappa shape index (κ3) is 14.9. The van der Waals surface area contributed by atoms with E-state index in [9.17, 15) is 24.0 Å². The molecule has 402 valence electrons. The second-order valence-corrected chi connectivity index (χ2v) is 19.2. The second kappa shape index (κ2) is 26.8. The molecule has 11 N–H and O–H groups in total. The number of aromatic nitrogens is 1. The van der Waals surface area contributed by atoms with E-state index >= 15 is 9.59 Å². The highest BCUT2D eigenvalue weighted by Crippen LogP contribution is 2.26. The van der Waals surface area contributed by atoms with Crippen molar-refractivity contribution in [2.45, 2.75) is 93.9 Å². The van der Waals surface area contributed by atoms with Crippen LogP contribution in [0.15, 0.2) is 146 Å². The van der Waals surface area contributed by atoms with Crippen molar-refractivity contribution in [2.75, 3.05) is 26.2 Å². The molecule has 2 saturated heterocycles. The maximum atomic E-state index is 15.3. The van der Waals surface area contributed by atoms with E-state index < -0.39 is 83.9 Å². The molecule has 1 unspecified atom stereocenters. The number of ether oxygens (including phenoxy) is 2. The number of nitrogens with two attached hydrogens (primary N) is 2. The number of unbranched alkanes of at least 4 members (excludes halogenated alkanes) is 1. The van der Waals surface area contributed by atoms with Crippen molar-refractivity contribution >= 4 is 52.4 Å². The van der Waals surface area contributed by atoms with Crippen LogP contribution in [0.25, 0.3) is 10.9 Å². The summed E-state index contributed by atoms with van der Waals surface area (Å²) >= 11 is 0. The summed E-state index contributed by atoms with van der Waals surface area (Å²) in [6.45, 7) is 0.617. The van der Waals surface area contributed by atoms with Gasteiger partial charge in [0.25, 0.3) is 0 Å². The van der Waals surface area contributed by atoms with Crippen LogP contribution in [0.1, 0.15) is 59.5 Å². The Kier molecular flexibility index (Phi) is 19.0. The predicted molar refractivity (Wildman–Crippen MR) is 288 cm³/mol. The molecule has 7 amide bonds. The van der Waals surface area contributed by atoms with Gasteiger partial charge in [0.05, 0.1) is 6.54 Å². The molecule has 0 radical (unpaired) electrons. The van der Waals surface area contributed by atoms with Crippen LogP contribution in [0.4, 0.5) is 4.79 Å². The van der Waals surface area contributed by atoms with Crippen LogP contribution in [-0.4, -0.2) is 114 Å². The molecule has 2 aliphatic heterocycles. The number of alkyl carbamates (subject to hydrolysis) is 1. The molecule has 2 aliphatic rings. The zero-order valence-electron chi connectivity index (χ0n) is 42.7. The lowest BCUT2D eigenvalue weighted by Gasteiger charge is -2.32. The van der Waals surface area contributed by atoms with E-state index in [1.54, 1.807) is 85.1 Å². The summed E-state index contributed by atoms with van der Waals surface area (Å²) in [4.78, 5) is 107. The molecule has 3 heterocycles. The van der Waals surface area contributed by atoms with Gasteiger partial charge in [0, 0.05) is 55.9 Å². The van der Waals surface area contributed by atoms with E-state index in [1.807, 2.05) is 60.7 Å². The van der Waals surface area contributed by atoms with E-state index in [1.165, 1.54) is 4.90 Å². The molecular formula is C58H66N10O9. The van der Waals surface area contributed by atoms with E-state index in [2.05, 4.69) is 36.9 Å². The fourth-order valence-electron chi connectivity index (χ4n) is 9.65. The summed E-state index contributed by atoms with van der Waals surface area (Å²) in [5.41, 5.74) is 15.7. The van der Waals surface area contributed by atoms with E-state index in [0.717, 1.165) is 16.5 Å². The first-order valence-corrected chi connectivity index (χ1v) is 26.0. The lowest BCUT2D eigenvalue weighted by atomic mass is 9.99. The molecule has 6 aromatic rings. The minimum absolute atomic E-state index is 0.0385. The highest BCUT2D eigenvalue weighted by molar-refractivity contribution is 5.99. The first-order chi connectivity index (χ1) is 37.5. The zero-order valence-corrected chi connectivity index (χ0v) is 42.7. The average molecular weight is 1050 g/mol. The van der Waals surface area contributed by atoms with Crippen LogP contribution in [0.5, 0.6) is 5.75 Å². The number of nitrogens with zero attached hydrogens (tertiary/aromatic N) is 1. The van der Waals surface area contributed by atoms with E-state index in [0.29, 0.717) is 54.0 Å². The van der Waals surface area contributed by atoms with Gasteiger partial charge in [-0.25, -0.2) is 4.79 Å². The van der Waals surface area contributed by atoms with Crippen LogP contribution in [-0.2, 0) is 59.4 Å². The Balaban J connectivity index is 1.19. The number of H-pyrrole nitrogens is 1. The quantitative estimate of drug-likeness (QED) is 0.0598. The number of rotatable bonds is 17. The van der Waals surface area contributed by atoms with Gasteiger partial charge in [0.15, 0.2) is 0 Å². The minimum atomic E-state index is -1.42. The normalized spacial score (nSPS) is 21.6. The summed E-state index contributed by atoms with van der Waals surface area (Å²) in [5.74, 6) is -3.76. The molecule has 19 heteroatoms. The molecule has 0 saturated carbocycles. The third-order valence-electron chi connectivity index (χ3n) is 13.7. The van der Waals surface area contributed by atoms with Crippen molar-refractivity contribution < 1.29 is 43.0 Å². The number of aromatic amines is 1. The molecule has 1 aromatic heterocycles. The van der Waals surface area contributed by atoms with Crippen LogP contribution in [0.3, 0.4) is 0 Å². The maximum absolute atomic E-state index is 15.3. The second-order valence-electron chi connectivity index (χ2n) is 19.2. The van der Waals surface area contributed by atoms with E-state index in [4.69, 9.17) is 20.9 Å². The Bertz CT molecular complexity index is 2960. The smallest absolute Gasteiger partial charge is 0.407 e. The summed E-state index contributed by atoms with van der Waals surface area (Å²) in [7, 11) is 0. The minimum Gasteiger partial charge on any atom is -0.489 e. The van der Waals surface area contributed by atoms with Gasteiger partial charge in [-0.05, 0) is 71.8 Å². The Morgan fingerprint density at radius 1 is 0.584 bits per heavy atom. The van der Waals surface area contributed by atoms with Crippen LogP contribution in [0, 0.1) is 0 Å². The van der Waals surface area contributed by atoms with Crippen molar-refractivity contribution in [2.24, 2.45) is 11.5 Å². The van der Waals surface area contributed by atoms with Crippen LogP contribution < -0.4 is 48.1 Å². The molecule has 2 fully saturated rings. The third-order valence-corrected chi connectivity index (χ3v) is 13.7. The molecule has 0 aliphatic carbocycles. The Morgan fingerprint density at radius 3 is 1.87 bits per heavy atom. The van der Waals surface area contributed by atoms with E-state index in [-0.39, 0.29) is 51.7 Å². The van der Waals surface area contributed by atoms with Crippen molar-refractivity contribution in [1.82, 2.24) is 41.8 Å². The lowest BCUT2D eigenvalue weighted by molar-refractivity contribution is -0.143. The van der Waals surface area contributed by atoms with Crippen molar-refractivity contribution in [3.8, 4) is 5.75 Å². The van der Waals surface area contributed by atoms with Gasteiger partial charge in [0.1, 0.15) is 54.7 Å². The van der Waals surface area contributed by atoms with Crippen molar-refractivity contribution in [3.05, 3.63) is 174 Å². The maximum Gasteiger partial charge on any atom is 0.407 e. The SMILES string of the molecule is NCCCC[C@H]1NC(=O)[C@H](Cc2c[nH]c3ccccc23)NC(=O)C(c2ccccc2)NC(=O)[C@H]2C[C@H](OC(=O)NCCN)CN2C(=O)[C@@H](Cc2ccccc2)NC(=O)[C@@H](Cc2ccc(OCc3ccccc3)cc2)NC1=O. The van der Waals surface area contributed by atoms with Crippen molar-refractivity contribution in [3.63, 3.8) is 0 Å². The highest BCUT2D eigenvalue weighted by atomic mass is 16.6. The molecule has 77 heavy (non-hydrogen) atoms. The molecule has 5 aromatic carbocycles. The van der Waals surface area contributed by atoms with Gasteiger partial charge in [0.2, 0.25) is 35.4 Å². The molecule has 0 spiro atoms. The number of benzene rings is 5. The largest absolute Gasteiger partial charge is 0.489 e. The fraction of sp³-hybridized carbons (Fsp3) is 0.328. The molecule has 0 bridgehead atoms. The number of carbonyl (C=O) groups is 7. The van der Waals surface area contributed by atoms with Gasteiger partial charge in [-0.15, -0.1) is 0 Å². The Hall–Kier alpha value is -8.55. The standard InChI is InChI=1S/C58H66N10O9/c59-27-13-12-22-46-52(69)64-47(30-38-23-25-42(26-24-38)76-36-39-16-6-2-7-17-39)53(70)66-49(31-37-14-4-1-5-15-37)57(74)68-35-43(77-58(75)61-29-28-60)33-50(68)55(72)67-51(40-18-8-3-9-19-40)56(73)65-48(54(71)63-46)32-41-34-62-45-21-11-10-20-44(41)45/h1-11,14-21,23-26,34,43,46-51,62H,12-13,22,27-33,35-36,59-60H2,(H,61,75)(H,63,71)(H,64,69)(H,65,73)(H,66,70)(H,67,72)/t43-,46+,47+,48-,49+,50+,51?/m0/s1. The topological polar surface area (TPSA) is 281 Å². The molecule has 8 rings (SSSR count). The van der Waals surface area contributed by atoms with Gasteiger partial charge >= 0.3 is 6.09 Å². The first-order valence-electron chi connectivity index (χ1n) is 26.0. The summed E-state index contributed by atoms with van der Waals surface area (Å²) < 4.78 is 11.8. The summed E-state index contributed by atoms with van der Waals surface area (Å²) in [6, 6.07) is 33.6. The molecular weight excluding hydrogens is 981 g/mol. The van der Waals surface area contributed by atoms with Gasteiger partial charge < -0.3 is 62.7 Å². The Labute approximate surface area is 446 Å². The number of hydrogen-bond acceptors (Lipinski definition) is 11. The van der Waals surface area contributed by atoms with Crippen molar-refractivity contribution in [1.29, 1.82) is 0 Å². The number of nitrogens with one attached hydrogen (secondary N) is 7. The van der Waals surface area contributed by atoms with Gasteiger partial charge in [-0.2, -0.15) is 0 Å². The lowest BCUT2D eigenvalue weighted by Crippen LogP contribution is -2.61. The van der Waals surface area contributed by atoms with Gasteiger partial charge in [-0.3, -0.25) is 28.8 Å². The number of amides is 7. The zero-order chi connectivity index (χ0) is 54.1. The molecule has 7 atom stereocenters. The monoisotopic (exact) mass is 1050 g/mol. The Morgan fingerprint density at radius 2 is 1.17 bits per heavy atom. The fourth-order valence-corrected chi connectivity index (χ4v) is 9.65. The van der Waals surface area contributed by atoms with Gasteiger partial charge in [-0.1, -0.05) is 121 Å². The average Bonchev–Trinajstić information content (AvgIpc) is 4.08. The number of para-hydroxylation sites is 1. The summed E-state index contributed by atoms with van der Waals surface area (Å²) in [5, 5.41) is 17.9. The molecule has 19 nitrogen and oxygen atoms in total. The highest BCUT2D eigenvalue weighted by Gasteiger charge is 2.45. The van der Waals surface area contributed by atoms with Crippen LogP contribution >= 0.6 is 0 Å². The first kappa shape index (κ1) is 54.7. The summed E-state index contributed by atoms with van der Waals surface area (Å²) in [6.07, 6.45) is 0.652. The van der Waals surface area contributed by atoms with Crippen LogP contribution in [0.2, 0.25) is 0 Å². The number of carbonyl (C=O) groups excluding carboxylic acids is 7.